The van der Waals surface area contributed by atoms with Gasteiger partial charge in [-0.05, 0) is 18.9 Å². The first-order chi connectivity index (χ1) is 7.59. The lowest BCUT2D eigenvalue weighted by molar-refractivity contribution is -0.512. The summed E-state index contributed by atoms with van der Waals surface area (Å²) in [4.78, 5) is 24.5. The predicted molar refractivity (Wildman–Crippen MR) is 52.9 cm³/mol. The molecule has 1 aliphatic carbocycles. The van der Waals surface area contributed by atoms with Crippen LogP contribution in [0.1, 0.15) is 12.8 Å². The molecule has 7 heteroatoms. The molecule has 2 unspecified atom stereocenters. The molecule has 0 spiro atoms. The van der Waals surface area contributed by atoms with E-state index in [1.807, 2.05) is 0 Å². The highest BCUT2D eigenvalue weighted by molar-refractivity contribution is 6.37. The van der Waals surface area contributed by atoms with Gasteiger partial charge < -0.3 is 9.84 Å². The molecular formula is C9H10N2O5. The van der Waals surface area contributed by atoms with Gasteiger partial charge in [0, 0.05) is 11.1 Å². The fourth-order valence-electron chi connectivity index (χ4n) is 1.49. The summed E-state index contributed by atoms with van der Waals surface area (Å²) in [6.07, 6.45) is 3.61. The van der Waals surface area contributed by atoms with Gasteiger partial charge in [-0.15, -0.1) is 0 Å². The number of rotatable bonds is 4. The van der Waals surface area contributed by atoms with Gasteiger partial charge in [-0.1, -0.05) is 0 Å². The minimum Gasteiger partial charge on any atom is -0.477 e. The number of hydrogen-bond donors (Lipinski definition) is 1. The van der Waals surface area contributed by atoms with Crippen LogP contribution in [0.2, 0.25) is 0 Å². The third-order valence-corrected chi connectivity index (χ3v) is 2.40. The van der Waals surface area contributed by atoms with Gasteiger partial charge in [0.15, 0.2) is 6.10 Å². The van der Waals surface area contributed by atoms with E-state index in [2.05, 4.69) is 4.99 Å². The van der Waals surface area contributed by atoms with Gasteiger partial charge in [0.25, 0.3) is 6.04 Å². The third-order valence-electron chi connectivity index (χ3n) is 2.40. The molecule has 86 valence electrons. The lowest BCUT2D eigenvalue weighted by Crippen LogP contribution is -2.46. The molecule has 1 fully saturated rings. The summed E-state index contributed by atoms with van der Waals surface area (Å²) in [7, 11) is 0. The van der Waals surface area contributed by atoms with Crippen molar-refractivity contribution in [3.63, 3.8) is 0 Å². The lowest BCUT2D eigenvalue weighted by Gasteiger charge is -2.20. The number of aliphatic carboxylic acids is 1. The molecule has 0 radical (unpaired) electrons. The molecular weight excluding hydrogens is 216 g/mol. The number of carbonyl (C=O) groups is 1. The van der Waals surface area contributed by atoms with E-state index < -0.39 is 28.8 Å². The minimum absolute atomic E-state index is 0.0187. The van der Waals surface area contributed by atoms with E-state index in [1.54, 1.807) is 0 Å². The monoisotopic (exact) mass is 226 g/mol. The standard InChI is InChI=1S/C9H10N2O5/c12-9(13)7-8(11(14)15)6(3-4-10-7)16-5-1-2-5/h3-6,8H,1-2H2,(H,12,13). The first-order valence-electron chi connectivity index (χ1n) is 4.86. The van der Waals surface area contributed by atoms with Crippen LogP contribution in [0.5, 0.6) is 0 Å². The number of nitrogens with zero attached hydrogens (tertiary/aromatic N) is 2. The van der Waals surface area contributed by atoms with E-state index in [0.29, 0.717) is 0 Å². The van der Waals surface area contributed by atoms with Crippen LogP contribution in [0, 0.1) is 10.1 Å². The Kier molecular flexibility index (Phi) is 2.69. The van der Waals surface area contributed by atoms with Crippen molar-refractivity contribution in [1.29, 1.82) is 0 Å². The summed E-state index contributed by atoms with van der Waals surface area (Å²) in [6, 6.07) is -1.41. The molecule has 0 amide bonds. The molecule has 2 atom stereocenters. The second-order valence-corrected chi connectivity index (χ2v) is 3.69. The van der Waals surface area contributed by atoms with Crippen molar-refractivity contribution in [3.8, 4) is 0 Å². The molecule has 7 nitrogen and oxygen atoms in total. The maximum Gasteiger partial charge on any atom is 0.357 e. The minimum atomic E-state index is -1.41. The van der Waals surface area contributed by atoms with E-state index in [0.717, 1.165) is 12.8 Å². The normalized spacial score (nSPS) is 28.6. The molecule has 0 aromatic heterocycles. The maximum atomic E-state index is 10.8. The summed E-state index contributed by atoms with van der Waals surface area (Å²) >= 11 is 0. The molecule has 16 heavy (non-hydrogen) atoms. The average molecular weight is 226 g/mol. The van der Waals surface area contributed by atoms with Crippen LogP contribution in [0.25, 0.3) is 0 Å². The molecule has 1 heterocycles. The van der Waals surface area contributed by atoms with Crippen molar-refractivity contribution in [1.82, 2.24) is 0 Å². The molecule has 0 bridgehead atoms. The Morgan fingerprint density at radius 2 is 2.31 bits per heavy atom. The number of carboxylic acids is 1. The smallest absolute Gasteiger partial charge is 0.357 e. The maximum absolute atomic E-state index is 10.8. The SMILES string of the molecule is O=C(O)C1=NC=CC(OC2CC2)C1[N+](=O)[O-]. The van der Waals surface area contributed by atoms with Gasteiger partial charge in [-0.2, -0.15) is 0 Å². The highest BCUT2D eigenvalue weighted by Crippen LogP contribution is 2.27. The van der Waals surface area contributed by atoms with Crippen molar-refractivity contribution in [3.05, 3.63) is 22.4 Å². The molecule has 2 rings (SSSR count). The number of carboxylic acid groups (broad SMARTS) is 1. The number of ether oxygens (including phenoxy) is 1. The summed E-state index contributed by atoms with van der Waals surface area (Å²) in [5.74, 6) is -1.38. The van der Waals surface area contributed by atoms with E-state index in [-0.39, 0.29) is 6.10 Å². The van der Waals surface area contributed by atoms with Crippen LogP contribution >= 0.6 is 0 Å². The second-order valence-electron chi connectivity index (χ2n) is 3.69. The fourth-order valence-corrected chi connectivity index (χ4v) is 1.49. The molecule has 0 saturated heterocycles. The summed E-state index contributed by atoms with van der Waals surface area (Å²) in [5, 5.41) is 19.6. The van der Waals surface area contributed by atoms with E-state index in [1.165, 1.54) is 12.3 Å². The van der Waals surface area contributed by atoms with Gasteiger partial charge in [-0.3, -0.25) is 10.1 Å². The largest absolute Gasteiger partial charge is 0.477 e. The number of nitro groups is 1. The average Bonchev–Trinajstić information content (AvgIpc) is 3.00. The fraction of sp³-hybridized carbons (Fsp3) is 0.556. The van der Waals surface area contributed by atoms with Crippen LogP contribution < -0.4 is 0 Å². The Hall–Kier alpha value is -1.76. The number of hydrogen-bond acceptors (Lipinski definition) is 5. The van der Waals surface area contributed by atoms with Gasteiger partial charge in [0.2, 0.25) is 5.71 Å². The quantitative estimate of drug-likeness (QED) is 0.546. The van der Waals surface area contributed by atoms with Crippen LogP contribution in [0.4, 0.5) is 0 Å². The summed E-state index contributed by atoms with van der Waals surface area (Å²) < 4.78 is 5.38. The first-order valence-corrected chi connectivity index (χ1v) is 4.86. The Morgan fingerprint density at radius 1 is 1.62 bits per heavy atom. The zero-order valence-corrected chi connectivity index (χ0v) is 8.28. The van der Waals surface area contributed by atoms with Crippen LogP contribution in [0.15, 0.2) is 17.3 Å². The third kappa shape index (κ3) is 2.08. The van der Waals surface area contributed by atoms with E-state index in [4.69, 9.17) is 9.84 Å². The zero-order valence-electron chi connectivity index (χ0n) is 8.28. The van der Waals surface area contributed by atoms with E-state index >= 15 is 0 Å². The van der Waals surface area contributed by atoms with Crippen LogP contribution in [-0.4, -0.2) is 40.0 Å². The highest BCUT2D eigenvalue weighted by Gasteiger charge is 2.43. The van der Waals surface area contributed by atoms with Crippen molar-refractivity contribution < 1.29 is 19.6 Å². The molecule has 2 aliphatic rings. The molecule has 1 aliphatic heterocycles. The van der Waals surface area contributed by atoms with Gasteiger partial charge in [0.05, 0.1) is 6.10 Å². The van der Waals surface area contributed by atoms with Crippen molar-refractivity contribution >= 4 is 11.7 Å². The Bertz CT molecular complexity index is 385. The second kappa shape index (κ2) is 4.01. The first kappa shape index (κ1) is 10.7. The van der Waals surface area contributed by atoms with Gasteiger partial charge >= 0.3 is 5.97 Å². The van der Waals surface area contributed by atoms with Crippen molar-refractivity contribution in [2.75, 3.05) is 0 Å². The molecule has 0 aromatic rings. The topological polar surface area (TPSA) is 102 Å². The van der Waals surface area contributed by atoms with Crippen molar-refractivity contribution in [2.24, 2.45) is 4.99 Å². The molecule has 1 N–H and O–H groups in total. The van der Waals surface area contributed by atoms with Crippen LogP contribution in [-0.2, 0) is 9.53 Å². The Morgan fingerprint density at radius 3 is 2.81 bits per heavy atom. The lowest BCUT2D eigenvalue weighted by atomic mass is 10.0. The zero-order chi connectivity index (χ0) is 11.7. The van der Waals surface area contributed by atoms with E-state index in [9.17, 15) is 14.9 Å². The van der Waals surface area contributed by atoms with Gasteiger partial charge in [0.1, 0.15) is 0 Å². The molecule has 0 aromatic carbocycles. The predicted octanol–water partition coefficient (Wildman–Crippen LogP) is 0.232. The van der Waals surface area contributed by atoms with Gasteiger partial charge in [-0.25, -0.2) is 9.79 Å². The molecule has 1 saturated carbocycles. The van der Waals surface area contributed by atoms with Crippen LogP contribution in [0.3, 0.4) is 0 Å². The summed E-state index contributed by atoms with van der Waals surface area (Å²) in [6.45, 7) is 0. The summed E-state index contributed by atoms with van der Waals surface area (Å²) in [5.41, 5.74) is -0.474. The Balaban J connectivity index is 2.19. The van der Waals surface area contributed by atoms with Crippen molar-refractivity contribution in [2.45, 2.75) is 31.1 Å². The Labute approximate surface area is 90.6 Å². The highest BCUT2D eigenvalue weighted by atomic mass is 16.6. The number of aliphatic imine (C=N–C) groups is 1.